The molecule has 1 aliphatic heterocycles. The summed E-state index contributed by atoms with van der Waals surface area (Å²) in [5, 5.41) is 21.5. The quantitative estimate of drug-likeness (QED) is 0.350. The van der Waals surface area contributed by atoms with Crippen molar-refractivity contribution in [2.24, 2.45) is 5.22 Å². The number of hydrogen-bond donors (Lipinski definition) is 2. The number of nitrogens with zero attached hydrogens (tertiary/aromatic N) is 2. The first kappa shape index (κ1) is 5.80. The van der Waals surface area contributed by atoms with Gasteiger partial charge < -0.3 is 10.3 Å². The predicted molar refractivity (Wildman–Crippen MR) is 25.5 cm³/mol. The molecular formula is C3H5N3O3. The second kappa shape index (κ2) is 1.88. The number of nitrogens with one attached hydrogen (secondary N) is 1. The van der Waals surface area contributed by atoms with Gasteiger partial charge in [-0.05, 0) is 0 Å². The largest absolute Gasteiger partial charge is 0.696 e. The van der Waals surface area contributed by atoms with Crippen LogP contribution >= 0.6 is 0 Å². The van der Waals surface area contributed by atoms with Gasteiger partial charge in [-0.3, -0.25) is 0 Å². The maximum atomic E-state index is 10.2. The monoisotopic (exact) mass is 131 g/mol. The molecule has 1 unspecified atom stereocenters. The van der Waals surface area contributed by atoms with Crippen molar-refractivity contribution in [1.82, 2.24) is 5.43 Å². The van der Waals surface area contributed by atoms with Crippen LogP contribution in [0.2, 0.25) is 0 Å². The molecule has 1 atom stereocenters. The molecule has 9 heavy (non-hydrogen) atoms. The van der Waals surface area contributed by atoms with Gasteiger partial charge in [0.25, 0.3) is 0 Å². The van der Waals surface area contributed by atoms with E-state index in [4.69, 9.17) is 5.11 Å². The summed E-state index contributed by atoms with van der Waals surface area (Å²) in [6.45, 7) is -0.116. The Bertz CT molecular complexity index is 166. The molecule has 0 aromatic carbocycles. The smallest absolute Gasteiger partial charge is 0.355 e. The number of hydrogen-bond acceptors (Lipinski definition) is 4. The van der Waals surface area contributed by atoms with E-state index in [-0.39, 0.29) is 6.54 Å². The molecule has 1 aliphatic rings. The lowest BCUT2D eigenvalue weighted by Crippen LogP contribution is -2.32. The molecule has 0 saturated heterocycles. The number of carbonyl (C=O) groups is 1. The molecular weight excluding hydrogens is 126 g/mol. The molecule has 0 amide bonds. The molecule has 0 aromatic rings. The van der Waals surface area contributed by atoms with E-state index in [0.717, 1.165) is 0 Å². The highest BCUT2D eigenvalue weighted by Crippen LogP contribution is 1.92. The van der Waals surface area contributed by atoms with Crippen LogP contribution in [0.5, 0.6) is 0 Å². The maximum Gasteiger partial charge on any atom is 0.355 e. The van der Waals surface area contributed by atoms with E-state index >= 15 is 0 Å². The third-order valence-electron chi connectivity index (χ3n) is 0.962. The fourth-order valence-corrected chi connectivity index (χ4v) is 0.505. The Morgan fingerprint density at radius 1 is 2.00 bits per heavy atom. The van der Waals surface area contributed by atoms with Gasteiger partial charge >= 0.3 is 5.97 Å². The predicted octanol–water partition coefficient (Wildman–Crippen LogP) is -1.08. The van der Waals surface area contributed by atoms with Crippen molar-refractivity contribution in [3.63, 3.8) is 0 Å². The zero-order chi connectivity index (χ0) is 6.85. The van der Waals surface area contributed by atoms with Crippen LogP contribution in [0.25, 0.3) is 0 Å². The fourth-order valence-electron chi connectivity index (χ4n) is 0.505. The van der Waals surface area contributed by atoms with Crippen molar-refractivity contribution in [2.45, 2.75) is 6.04 Å². The zero-order valence-corrected chi connectivity index (χ0v) is 4.44. The van der Waals surface area contributed by atoms with E-state index in [9.17, 15) is 10.0 Å². The van der Waals surface area contributed by atoms with Crippen molar-refractivity contribution in [3.8, 4) is 0 Å². The first-order valence-electron chi connectivity index (χ1n) is 2.34. The molecule has 0 fully saturated rings. The Labute approximate surface area is 50.3 Å². The van der Waals surface area contributed by atoms with Gasteiger partial charge in [0, 0.05) is 0 Å². The molecule has 1 heterocycles. The van der Waals surface area contributed by atoms with Crippen LogP contribution < -0.4 is 5.43 Å². The van der Waals surface area contributed by atoms with Crippen molar-refractivity contribution in [1.29, 1.82) is 0 Å². The summed E-state index contributed by atoms with van der Waals surface area (Å²) in [7, 11) is 0. The molecule has 2 N–H and O–H groups in total. The normalized spacial score (nSPS) is 24.9. The molecule has 0 radical (unpaired) electrons. The number of carboxylic acid groups (broad SMARTS) is 1. The zero-order valence-electron chi connectivity index (χ0n) is 4.44. The van der Waals surface area contributed by atoms with Crippen LogP contribution in [0.1, 0.15) is 0 Å². The number of aliphatic carboxylic acids is 1. The summed E-state index contributed by atoms with van der Waals surface area (Å²) >= 11 is 0. The van der Waals surface area contributed by atoms with Gasteiger partial charge in [-0.25, -0.2) is 4.79 Å². The number of rotatable bonds is 1. The van der Waals surface area contributed by atoms with Gasteiger partial charge in [0.1, 0.15) is 0 Å². The van der Waals surface area contributed by atoms with E-state index < -0.39 is 12.0 Å². The van der Waals surface area contributed by atoms with Crippen molar-refractivity contribution < 1.29 is 14.8 Å². The van der Waals surface area contributed by atoms with Crippen molar-refractivity contribution in [3.05, 3.63) is 5.21 Å². The topological polar surface area (TPSA) is 87.8 Å². The fraction of sp³-hybridized carbons (Fsp3) is 0.667. The molecule has 0 aliphatic carbocycles. The van der Waals surface area contributed by atoms with Gasteiger partial charge in [-0.1, -0.05) is 0 Å². The minimum Gasteiger partial charge on any atom is -0.696 e. The molecule has 6 heteroatoms. The number of carboxylic acids is 1. The Morgan fingerprint density at radius 2 is 2.67 bits per heavy atom. The lowest BCUT2D eigenvalue weighted by Gasteiger charge is -1.96. The molecule has 0 spiro atoms. The van der Waals surface area contributed by atoms with Gasteiger partial charge in [0.05, 0.1) is 5.22 Å². The average Bonchev–Trinajstić information content (AvgIpc) is 2.14. The highest BCUT2D eigenvalue weighted by atomic mass is 16.5. The second-order valence-corrected chi connectivity index (χ2v) is 1.65. The first-order chi connectivity index (χ1) is 4.20. The van der Waals surface area contributed by atoms with Crippen LogP contribution in [0, 0.1) is 5.21 Å². The minimum atomic E-state index is -1.06. The third-order valence-corrected chi connectivity index (χ3v) is 0.962. The highest BCUT2D eigenvalue weighted by molar-refractivity contribution is 5.73. The molecule has 50 valence electrons. The van der Waals surface area contributed by atoms with Gasteiger partial charge in [0.2, 0.25) is 6.04 Å². The van der Waals surface area contributed by atoms with Crippen LogP contribution in [-0.4, -0.2) is 28.5 Å². The minimum absolute atomic E-state index is 0.116. The van der Waals surface area contributed by atoms with Crippen LogP contribution in [0.3, 0.4) is 0 Å². The van der Waals surface area contributed by atoms with Crippen LogP contribution in [0.4, 0.5) is 0 Å². The first-order valence-corrected chi connectivity index (χ1v) is 2.34. The lowest BCUT2D eigenvalue weighted by atomic mass is 10.3. The maximum absolute atomic E-state index is 10.2. The summed E-state index contributed by atoms with van der Waals surface area (Å²) in [5.74, 6) is -1.06. The second-order valence-electron chi connectivity index (χ2n) is 1.65. The standard InChI is InChI=1S/C3H5N3O3/c7-3(8)2-1-6(9)5-4-2/h2,4H,1H2,(H,7,8). The number of hydroxylamine groups is 1. The van der Waals surface area contributed by atoms with E-state index in [1.165, 1.54) is 0 Å². The summed E-state index contributed by atoms with van der Waals surface area (Å²) in [6.07, 6.45) is 0. The summed E-state index contributed by atoms with van der Waals surface area (Å²) in [4.78, 5) is 10.4. The molecule has 0 aromatic heterocycles. The van der Waals surface area contributed by atoms with E-state index in [1.807, 2.05) is 0 Å². The molecule has 0 saturated carbocycles. The molecule has 6 nitrogen and oxygen atoms in total. The van der Waals surface area contributed by atoms with Crippen molar-refractivity contribution in [2.75, 3.05) is 6.54 Å². The van der Waals surface area contributed by atoms with E-state index in [0.29, 0.717) is 4.86 Å². The highest BCUT2D eigenvalue weighted by Gasteiger charge is 2.28. The SMILES string of the molecule is O=C(O)C1C[N+]([O-])=NN1. The van der Waals surface area contributed by atoms with Crippen LogP contribution in [0.15, 0.2) is 5.22 Å². The van der Waals surface area contributed by atoms with Crippen molar-refractivity contribution >= 4 is 5.97 Å². The van der Waals surface area contributed by atoms with E-state index in [1.54, 1.807) is 0 Å². The Kier molecular flexibility index (Phi) is 1.21. The summed E-state index contributed by atoms with van der Waals surface area (Å²) in [6, 6.07) is -0.845. The summed E-state index contributed by atoms with van der Waals surface area (Å²) in [5.41, 5.74) is 2.14. The van der Waals surface area contributed by atoms with Gasteiger partial charge in [0.15, 0.2) is 6.54 Å². The van der Waals surface area contributed by atoms with Crippen LogP contribution in [-0.2, 0) is 4.79 Å². The van der Waals surface area contributed by atoms with E-state index in [2.05, 4.69) is 10.6 Å². The Morgan fingerprint density at radius 3 is 2.89 bits per heavy atom. The third kappa shape index (κ3) is 1.07. The Balaban J connectivity index is 2.47. The Hall–Kier alpha value is -1.33. The molecule has 0 bridgehead atoms. The lowest BCUT2D eigenvalue weighted by molar-refractivity contribution is -0.515. The van der Waals surface area contributed by atoms with Gasteiger partial charge in [-0.15, -0.1) is 0 Å². The van der Waals surface area contributed by atoms with Gasteiger partial charge in [-0.2, -0.15) is 10.3 Å². The average molecular weight is 131 g/mol. The molecule has 1 rings (SSSR count). The summed E-state index contributed by atoms with van der Waals surface area (Å²) < 4.78 is 0.